The molecule has 0 spiro atoms. The Bertz CT molecular complexity index is 781. The summed E-state index contributed by atoms with van der Waals surface area (Å²) in [5.41, 5.74) is 2.14. The fraction of sp³-hybridized carbons (Fsp3) is 0.480. The summed E-state index contributed by atoms with van der Waals surface area (Å²) in [5, 5.41) is 11.0. The number of aliphatic hydroxyl groups excluding tert-OH is 1. The lowest BCUT2D eigenvalue weighted by molar-refractivity contribution is -0.149. The van der Waals surface area contributed by atoms with Crippen LogP contribution < -0.4 is 0 Å². The maximum atomic E-state index is 12.2. The first-order valence-corrected chi connectivity index (χ1v) is 11.3. The molecule has 2 rings (SSSR count). The summed E-state index contributed by atoms with van der Waals surface area (Å²) < 4.78 is 15.8. The SMILES string of the molecule is COC(=O)C(C)(Br)[C@H](O)[C@H](C)[C@H](OCc1ccccc1)[C@@H](C)COCc1ccccc1. The Balaban J connectivity index is 2.09. The molecule has 0 saturated heterocycles. The second kappa shape index (κ2) is 12.3. The molecule has 0 aliphatic heterocycles. The molecule has 0 saturated carbocycles. The summed E-state index contributed by atoms with van der Waals surface area (Å²) in [4.78, 5) is 12.2. The van der Waals surface area contributed by atoms with Crippen LogP contribution in [0.3, 0.4) is 0 Å². The van der Waals surface area contributed by atoms with Gasteiger partial charge in [0.15, 0.2) is 0 Å². The Morgan fingerprint density at radius 3 is 2.03 bits per heavy atom. The maximum Gasteiger partial charge on any atom is 0.325 e. The van der Waals surface area contributed by atoms with Crippen LogP contribution in [0.25, 0.3) is 0 Å². The van der Waals surface area contributed by atoms with Gasteiger partial charge in [-0.3, -0.25) is 4.79 Å². The molecule has 0 fully saturated rings. The van der Waals surface area contributed by atoms with Crippen LogP contribution >= 0.6 is 15.9 Å². The number of aliphatic hydroxyl groups is 1. The summed E-state index contributed by atoms with van der Waals surface area (Å²) >= 11 is 3.36. The maximum absolute atomic E-state index is 12.2. The smallest absolute Gasteiger partial charge is 0.325 e. The zero-order valence-corrected chi connectivity index (χ0v) is 20.2. The molecule has 0 bridgehead atoms. The van der Waals surface area contributed by atoms with Crippen LogP contribution in [-0.2, 0) is 32.2 Å². The average molecular weight is 493 g/mol. The zero-order chi connectivity index (χ0) is 22.9. The second-order valence-electron chi connectivity index (χ2n) is 8.11. The predicted molar refractivity (Wildman–Crippen MR) is 125 cm³/mol. The zero-order valence-electron chi connectivity index (χ0n) is 18.7. The highest BCUT2D eigenvalue weighted by molar-refractivity contribution is 9.10. The Labute approximate surface area is 193 Å². The van der Waals surface area contributed by atoms with Gasteiger partial charge >= 0.3 is 5.97 Å². The van der Waals surface area contributed by atoms with E-state index in [0.717, 1.165) is 11.1 Å². The molecule has 6 heteroatoms. The summed E-state index contributed by atoms with van der Waals surface area (Å²) in [5.74, 6) is -0.901. The van der Waals surface area contributed by atoms with Crippen molar-refractivity contribution in [2.24, 2.45) is 11.8 Å². The number of benzene rings is 2. The van der Waals surface area contributed by atoms with Crippen molar-refractivity contribution in [1.29, 1.82) is 0 Å². The molecule has 0 aliphatic carbocycles. The Kier molecular flexibility index (Phi) is 10.2. The molecule has 0 heterocycles. The van der Waals surface area contributed by atoms with E-state index < -0.39 is 16.4 Å². The Morgan fingerprint density at radius 1 is 1.00 bits per heavy atom. The van der Waals surface area contributed by atoms with Gasteiger partial charge in [0.1, 0.15) is 4.32 Å². The molecule has 170 valence electrons. The van der Waals surface area contributed by atoms with Gasteiger partial charge in [-0.25, -0.2) is 0 Å². The van der Waals surface area contributed by atoms with E-state index in [-0.39, 0.29) is 17.9 Å². The van der Waals surface area contributed by atoms with Gasteiger partial charge in [-0.15, -0.1) is 0 Å². The van der Waals surface area contributed by atoms with Gasteiger partial charge in [0.05, 0.1) is 39.1 Å². The van der Waals surface area contributed by atoms with E-state index in [4.69, 9.17) is 14.2 Å². The number of methoxy groups -OCH3 is 1. The van der Waals surface area contributed by atoms with Gasteiger partial charge in [0.2, 0.25) is 0 Å². The van der Waals surface area contributed by atoms with Gasteiger partial charge in [-0.2, -0.15) is 0 Å². The van der Waals surface area contributed by atoms with Gasteiger partial charge in [0.25, 0.3) is 0 Å². The third kappa shape index (κ3) is 7.42. The van der Waals surface area contributed by atoms with Crippen LogP contribution in [0.2, 0.25) is 0 Å². The monoisotopic (exact) mass is 492 g/mol. The van der Waals surface area contributed by atoms with E-state index in [0.29, 0.717) is 19.8 Å². The predicted octanol–water partition coefficient (Wildman–Crippen LogP) is 4.75. The standard InChI is InChI=1S/C25H33BrO5/c1-18(15-30-16-20-11-7-5-8-12-20)22(31-17-21-13-9-6-10-14-21)19(2)23(27)25(3,26)24(28)29-4/h5-14,18-19,22-23,27H,15-17H2,1-4H3/t18-,19+,22+,23+,25?/m0/s1. The van der Waals surface area contributed by atoms with Crippen molar-refractivity contribution < 1.29 is 24.1 Å². The molecule has 0 aromatic heterocycles. The highest BCUT2D eigenvalue weighted by Gasteiger charge is 2.45. The summed E-state index contributed by atoms with van der Waals surface area (Å²) in [6.07, 6.45) is -1.36. The molecule has 0 amide bonds. The van der Waals surface area contributed by atoms with E-state index in [9.17, 15) is 9.90 Å². The van der Waals surface area contributed by atoms with Crippen molar-refractivity contribution in [2.45, 2.75) is 50.5 Å². The first-order chi connectivity index (χ1) is 14.8. The van der Waals surface area contributed by atoms with Crippen LogP contribution in [-0.4, -0.2) is 41.3 Å². The third-order valence-corrected chi connectivity index (χ3v) is 6.29. The summed E-state index contributed by atoms with van der Waals surface area (Å²) in [6.45, 7) is 6.91. The quantitative estimate of drug-likeness (QED) is 0.342. The molecule has 0 aliphatic rings. The molecular weight excluding hydrogens is 460 g/mol. The fourth-order valence-corrected chi connectivity index (χ4v) is 4.21. The number of alkyl halides is 1. The molecule has 0 radical (unpaired) electrons. The Hall–Kier alpha value is -1.73. The number of hydrogen-bond donors (Lipinski definition) is 1. The Morgan fingerprint density at radius 2 is 1.52 bits per heavy atom. The van der Waals surface area contributed by atoms with Crippen molar-refractivity contribution in [3.05, 3.63) is 71.8 Å². The van der Waals surface area contributed by atoms with E-state index in [1.807, 2.05) is 74.5 Å². The van der Waals surface area contributed by atoms with E-state index in [1.54, 1.807) is 6.92 Å². The highest BCUT2D eigenvalue weighted by Crippen LogP contribution is 2.33. The number of ether oxygens (including phenoxy) is 3. The molecular formula is C25H33BrO5. The number of halogens is 1. The summed E-state index contributed by atoms with van der Waals surface area (Å²) in [6, 6.07) is 19.9. The second-order valence-corrected chi connectivity index (χ2v) is 9.76. The van der Waals surface area contributed by atoms with Crippen LogP contribution in [0.1, 0.15) is 31.9 Å². The van der Waals surface area contributed by atoms with Crippen molar-refractivity contribution in [1.82, 2.24) is 0 Å². The molecule has 2 aromatic rings. The lowest BCUT2D eigenvalue weighted by Crippen LogP contribution is -2.50. The minimum Gasteiger partial charge on any atom is -0.468 e. The molecule has 2 aromatic carbocycles. The van der Waals surface area contributed by atoms with Crippen molar-refractivity contribution >= 4 is 21.9 Å². The minimum atomic E-state index is -1.24. The number of carbonyl (C=O) groups is 1. The van der Waals surface area contributed by atoms with Crippen molar-refractivity contribution in [2.75, 3.05) is 13.7 Å². The molecule has 5 atom stereocenters. The van der Waals surface area contributed by atoms with Gasteiger partial charge in [-0.05, 0) is 18.1 Å². The fourth-order valence-electron chi connectivity index (χ4n) is 3.63. The van der Waals surface area contributed by atoms with Crippen LogP contribution in [0.5, 0.6) is 0 Å². The van der Waals surface area contributed by atoms with Crippen molar-refractivity contribution in [3.63, 3.8) is 0 Å². The molecule has 5 nitrogen and oxygen atoms in total. The van der Waals surface area contributed by atoms with Gasteiger partial charge in [-0.1, -0.05) is 90.4 Å². The highest BCUT2D eigenvalue weighted by atomic mass is 79.9. The van der Waals surface area contributed by atoms with Gasteiger partial charge in [0, 0.05) is 11.8 Å². The average Bonchev–Trinajstić information content (AvgIpc) is 2.79. The van der Waals surface area contributed by atoms with E-state index in [1.165, 1.54) is 7.11 Å². The van der Waals surface area contributed by atoms with E-state index >= 15 is 0 Å². The normalized spacial score (nSPS) is 17.2. The van der Waals surface area contributed by atoms with Crippen LogP contribution in [0, 0.1) is 11.8 Å². The third-order valence-electron chi connectivity index (χ3n) is 5.49. The number of hydrogen-bond acceptors (Lipinski definition) is 5. The first-order valence-electron chi connectivity index (χ1n) is 10.5. The largest absolute Gasteiger partial charge is 0.468 e. The summed E-state index contributed by atoms with van der Waals surface area (Å²) in [7, 11) is 1.31. The topological polar surface area (TPSA) is 65.0 Å². The first kappa shape index (κ1) is 25.5. The van der Waals surface area contributed by atoms with Gasteiger partial charge < -0.3 is 19.3 Å². The van der Waals surface area contributed by atoms with Crippen LogP contribution in [0.15, 0.2) is 60.7 Å². The number of esters is 1. The van der Waals surface area contributed by atoms with Crippen molar-refractivity contribution in [3.8, 4) is 0 Å². The van der Waals surface area contributed by atoms with Crippen LogP contribution in [0.4, 0.5) is 0 Å². The van der Waals surface area contributed by atoms with E-state index in [2.05, 4.69) is 15.9 Å². The lowest BCUT2D eigenvalue weighted by atomic mass is 9.84. The minimum absolute atomic E-state index is 0.0157. The molecule has 1 N–H and O–H groups in total. The molecule has 1 unspecified atom stereocenters. The lowest BCUT2D eigenvalue weighted by Gasteiger charge is -2.37. The number of carbonyl (C=O) groups excluding carboxylic acids is 1. The molecule has 31 heavy (non-hydrogen) atoms. The number of rotatable bonds is 12.